The third-order valence-electron chi connectivity index (χ3n) is 10.8. The third kappa shape index (κ3) is 5.21. The Morgan fingerprint density at radius 1 is 0.357 bits per heavy atom. The predicted molar refractivity (Wildman–Crippen MR) is 230 cm³/mol. The molecular weight excluding hydrogens is 683 g/mol. The average molecular weight is 716 g/mol. The summed E-state index contributed by atoms with van der Waals surface area (Å²) in [4.78, 5) is 15.2. The van der Waals surface area contributed by atoms with Gasteiger partial charge in [0.15, 0.2) is 5.82 Å². The number of nitrogens with zero attached hydrogens (tertiary/aromatic N) is 5. The van der Waals surface area contributed by atoms with Crippen molar-refractivity contribution in [1.82, 2.24) is 24.1 Å². The van der Waals surface area contributed by atoms with Crippen LogP contribution in [0.5, 0.6) is 0 Å². The second-order valence-electron chi connectivity index (χ2n) is 14.1. The molecule has 0 aliphatic carbocycles. The van der Waals surface area contributed by atoms with E-state index in [1.165, 1.54) is 27.4 Å². The van der Waals surface area contributed by atoms with E-state index in [1.807, 2.05) is 48.7 Å². The molecule has 56 heavy (non-hydrogen) atoms. The van der Waals surface area contributed by atoms with Gasteiger partial charge in [-0.1, -0.05) is 133 Å². The summed E-state index contributed by atoms with van der Waals surface area (Å²) in [5, 5.41) is 4.71. The van der Waals surface area contributed by atoms with E-state index in [1.54, 1.807) is 0 Å². The minimum atomic E-state index is 0.669. The second kappa shape index (κ2) is 13.0. The van der Waals surface area contributed by atoms with Crippen molar-refractivity contribution in [2.24, 2.45) is 0 Å². The molecule has 0 bridgehead atoms. The fourth-order valence-electron chi connectivity index (χ4n) is 8.26. The van der Waals surface area contributed by atoms with E-state index < -0.39 is 0 Å². The van der Waals surface area contributed by atoms with Gasteiger partial charge in [-0.3, -0.25) is 4.57 Å². The van der Waals surface area contributed by atoms with Crippen LogP contribution in [-0.2, 0) is 0 Å². The fourth-order valence-corrected chi connectivity index (χ4v) is 8.26. The van der Waals surface area contributed by atoms with E-state index in [0.29, 0.717) is 5.82 Å². The molecule has 0 saturated carbocycles. The molecule has 4 aromatic heterocycles. The van der Waals surface area contributed by atoms with Crippen LogP contribution in [0.4, 0.5) is 0 Å². The van der Waals surface area contributed by atoms with E-state index in [4.69, 9.17) is 15.0 Å². The molecule has 0 atom stereocenters. The van der Waals surface area contributed by atoms with Crippen LogP contribution in [-0.4, -0.2) is 24.1 Å². The number of pyridine rings is 1. The molecule has 0 N–H and O–H groups in total. The smallest absolute Gasteiger partial charge is 0.160 e. The highest BCUT2D eigenvalue weighted by molar-refractivity contribution is 6.17. The first kappa shape index (κ1) is 31.9. The van der Waals surface area contributed by atoms with E-state index in [-0.39, 0.29) is 0 Å². The summed E-state index contributed by atoms with van der Waals surface area (Å²) >= 11 is 0. The Morgan fingerprint density at radius 3 is 1.75 bits per heavy atom. The monoisotopic (exact) mass is 715 g/mol. The summed E-state index contributed by atoms with van der Waals surface area (Å²) in [7, 11) is 0. The molecule has 0 fully saturated rings. The Kier molecular flexibility index (Phi) is 7.42. The number of aromatic nitrogens is 5. The first-order chi connectivity index (χ1) is 27.8. The van der Waals surface area contributed by atoms with E-state index in [9.17, 15) is 0 Å². The second-order valence-corrected chi connectivity index (χ2v) is 14.1. The lowest BCUT2D eigenvalue weighted by Gasteiger charge is -2.12. The molecule has 0 spiro atoms. The van der Waals surface area contributed by atoms with Crippen molar-refractivity contribution in [1.29, 1.82) is 0 Å². The van der Waals surface area contributed by atoms with Crippen LogP contribution in [0.1, 0.15) is 0 Å². The van der Waals surface area contributed by atoms with Gasteiger partial charge >= 0.3 is 0 Å². The maximum atomic E-state index is 5.14. The zero-order valence-corrected chi connectivity index (χ0v) is 30.3. The molecule has 5 heteroatoms. The van der Waals surface area contributed by atoms with Crippen molar-refractivity contribution >= 4 is 43.7 Å². The molecule has 0 amide bonds. The first-order valence-electron chi connectivity index (χ1n) is 18.9. The van der Waals surface area contributed by atoms with Crippen LogP contribution in [0.3, 0.4) is 0 Å². The number of para-hydroxylation sites is 2. The Hall–Kier alpha value is -7.63. The van der Waals surface area contributed by atoms with E-state index in [2.05, 4.69) is 161 Å². The van der Waals surface area contributed by atoms with Crippen LogP contribution in [0.25, 0.3) is 100 Å². The van der Waals surface area contributed by atoms with Crippen LogP contribution < -0.4 is 0 Å². The summed E-state index contributed by atoms with van der Waals surface area (Å²) < 4.78 is 4.65. The Bertz CT molecular complexity index is 3180. The molecule has 11 rings (SSSR count). The molecule has 4 heterocycles. The van der Waals surface area contributed by atoms with Gasteiger partial charge in [-0.25, -0.2) is 15.0 Å². The van der Waals surface area contributed by atoms with Gasteiger partial charge in [-0.2, -0.15) is 0 Å². The normalized spacial score (nSPS) is 11.6. The Morgan fingerprint density at radius 2 is 0.982 bits per heavy atom. The maximum Gasteiger partial charge on any atom is 0.160 e. The highest BCUT2D eigenvalue weighted by atomic mass is 15.0. The summed E-state index contributed by atoms with van der Waals surface area (Å²) in [5.41, 5.74) is 13.6. The maximum absolute atomic E-state index is 5.14. The molecule has 0 unspecified atom stereocenters. The highest BCUT2D eigenvalue weighted by Gasteiger charge is 2.19. The number of benzene rings is 7. The first-order valence-corrected chi connectivity index (χ1v) is 18.9. The van der Waals surface area contributed by atoms with Gasteiger partial charge in [0.25, 0.3) is 0 Å². The van der Waals surface area contributed by atoms with Crippen molar-refractivity contribution in [2.75, 3.05) is 0 Å². The third-order valence-corrected chi connectivity index (χ3v) is 10.8. The van der Waals surface area contributed by atoms with Gasteiger partial charge in [0.05, 0.1) is 27.9 Å². The molecule has 5 nitrogen and oxygen atoms in total. The van der Waals surface area contributed by atoms with Crippen LogP contribution in [0.15, 0.2) is 200 Å². The van der Waals surface area contributed by atoms with Crippen molar-refractivity contribution in [3.63, 3.8) is 0 Å². The lowest BCUT2D eigenvalue weighted by molar-refractivity contribution is 1.13. The summed E-state index contributed by atoms with van der Waals surface area (Å²) in [6.07, 6.45) is 1.88. The molecular formula is C51H33N5. The topological polar surface area (TPSA) is 48.5 Å². The highest BCUT2D eigenvalue weighted by Crippen LogP contribution is 2.41. The van der Waals surface area contributed by atoms with Crippen LogP contribution >= 0.6 is 0 Å². The molecule has 0 radical (unpaired) electrons. The lowest BCUT2D eigenvalue weighted by atomic mass is 9.98. The zero-order chi connectivity index (χ0) is 37.0. The Balaban J connectivity index is 1.11. The van der Waals surface area contributed by atoms with E-state index in [0.717, 1.165) is 67.0 Å². The molecule has 0 saturated heterocycles. The number of hydrogen-bond acceptors (Lipinski definition) is 3. The van der Waals surface area contributed by atoms with Crippen LogP contribution in [0, 0.1) is 0 Å². The SMILES string of the molecule is c1ccc(-c2cc(-c3ccccc3)nc(-c3cccc(-n4c5cc(-c6cccc7c6c6ccccc6n7-c6ccccc6)ccc5c5cccnc54)c3)n2)cc1. The van der Waals surface area contributed by atoms with Gasteiger partial charge in [-0.05, 0) is 71.8 Å². The minimum Gasteiger partial charge on any atom is -0.309 e. The molecule has 262 valence electrons. The predicted octanol–water partition coefficient (Wildman–Crippen LogP) is 12.7. The van der Waals surface area contributed by atoms with Crippen molar-refractivity contribution in [3.05, 3.63) is 200 Å². The average Bonchev–Trinajstić information content (AvgIpc) is 3.80. The standard InChI is InChI=1S/C51H33N5/c1-4-15-34(16-5-1)44-33-45(35-17-6-2-7-18-35)54-50(53-44)37-19-12-22-39(31-37)56-48-32-36(28-29-41(48)42-25-14-30-52-51(42)56)40-24-13-27-47-49(40)43-23-10-11-26-46(43)55(47)38-20-8-3-9-21-38/h1-33H. The molecule has 0 aliphatic rings. The number of fused-ring (bicyclic) bond motifs is 6. The van der Waals surface area contributed by atoms with Crippen molar-refractivity contribution in [2.45, 2.75) is 0 Å². The summed E-state index contributed by atoms with van der Waals surface area (Å²) in [6, 6.07) is 68.2. The van der Waals surface area contributed by atoms with Crippen LogP contribution in [0.2, 0.25) is 0 Å². The minimum absolute atomic E-state index is 0.669. The quantitative estimate of drug-likeness (QED) is 0.172. The van der Waals surface area contributed by atoms with Crippen molar-refractivity contribution < 1.29 is 0 Å². The zero-order valence-electron chi connectivity index (χ0n) is 30.3. The summed E-state index contributed by atoms with van der Waals surface area (Å²) in [6.45, 7) is 0. The van der Waals surface area contributed by atoms with Gasteiger partial charge in [0, 0.05) is 55.8 Å². The number of rotatable bonds is 6. The largest absolute Gasteiger partial charge is 0.309 e. The number of hydrogen-bond donors (Lipinski definition) is 0. The molecule has 7 aromatic carbocycles. The fraction of sp³-hybridized carbons (Fsp3) is 0. The van der Waals surface area contributed by atoms with Gasteiger partial charge < -0.3 is 4.57 Å². The van der Waals surface area contributed by atoms with Crippen molar-refractivity contribution in [3.8, 4) is 56.4 Å². The molecule has 11 aromatic rings. The lowest BCUT2D eigenvalue weighted by Crippen LogP contribution is -1.99. The van der Waals surface area contributed by atoms with Gasteiger partial charge in [0.2, 0.25) is 0 Å². The Labute approximate surface area is 323 Å². The molecule has 0 aliphatic heterocycles. The summed E-state index contributed by atoms with van der Waals surface area (Å²) in [5.74, 6) is 0.669. The van der Waals surface area contributed by atoms with E-state index >= 15 is 0 Å². The van der Waals surface area contributed by atoms with Gasteiger partial charge in [0.1, 0.15) is 5.65 Å². The van der Waals surface area contributed by atoms with Gasteiger partial charge in [-0.15, -0.1) is 0 Å².